The van der Waals surface area contributed by atoms with Crippen LogP contribution in [0.1, 0.15) is 124 Å². The maximum Gasteiger partial charge on any atom is 0.415 e. The summed E-state index contributed by atoms with van der Waals surface area (Å²) in [5, 5.41) is 8.75. The fourth-order valence-electron chi connectivity index (χ4n) is 13.7. The summed E-state index contributed by atoms with van der Waals surface area (Å²) in [6.07, 6.45) is 5.25. The first-order valence-electron chi connectivity index (χ1n) is 32.3. The van der Waals surface area contributed by atoms with E-state index in [0.717, 1.165) is 30.5 Å². The largest absolute Gasteiger partial charge is 0.493 e. The van der Waals surface area contributed by atoms with Gasteiger partial charge in [0.25, 0.3) is 0 Å². The maximum atomic E-state index is 14.8. The minimum atomic E-state index is -0.929. The Kier molecular flexibility index (Phi) is 23.7. The highest BCUT2D eigenvalue weighted by Gasteiger charge is 2.65. The Bertz CT molecular complexity index is 3470. The molecule has 2 fully saturated rings. The van der Waals surface area contributed by atoms with E-state index in [-0.39, 0.29) is 137 Å². The zero-order valence-corrected chi connectivity index (χ0v) is 53.6. The number of methoxy groups -OCH3 is 1. The summed E-state index contributed by atoms with van der Waals surface area (Å²) < 4.78 is 36.1. The van der Waals surface area contributed by atoms with Gasteiger partial charge in [-0.15, -0.1) is 0 Å². The Labute approximate surface area is 547 Å². The lowest BCUT2D eigenvalue weighted by Gasteiger charge is -2.56. The maximum absolute atomic E-state index is 14.8. The van der Waals surface area contributed by atoms with Crippen LogP contribution < -0.4 is 57.8 Å². The zero-order valence-electron chi connectivity index (χ0n) is 53.6. The molecule has 9 rings (SSSR count). The number of piperidine rings is 2. The summed E-state index contributed by atoms with van der Waals surface area (Å²) in [4.78, 5) is 120. The molecule has 5 aliphatic rings. The molecule has 2 bridgehead atoms. The van der Waals surface area contributed by atoms with Crippen LogP contribution in [-0.4, -0.2) is 147 Å². The van der Waals surface area contributed by atoms with Crippen LogP contribution in [0.4, 0.5) is 10.5 Å². The molecular weight excluding hydrogens is 1210 g/mol. The number of esters is 2. The number of hydrogen-bond donors (Lipinski definition) is 7. The molecule has 0 aromatic heterocycles. The molecule has 11 N–H and O–H groups in total. The molecule has 4 aromatic carbocycles. The fourth-order valence-corrected chi connectivity index (χ4v) is 13.7. The number of benzene rings is 4. The fraction of sp³-hybridized carbons (Fsp3) is 0.478. The number of nitrogens with one attached hydrogen (secondary N) is 3. The van der Waals surface area contributed by atoms with Gasteiger partial charge in [0.15, 0.2) is 35.3 Å². The highest BCUT2D eigenvalue weighted by Crippen LogP contribution is 2.64. The molecule has 2 aliphatic carbocycles. The minimum absolute atomic E-state index is 0.0131. The average molecular weight is 1290 g/mol. The number of aliphatic imine (C=N–C) groups is 2. The summed E-state index contributed by atoms with van der Waals surface area (Å²) in [6, 6.07) is 24.6. The van der Waals surface area contributed by atoms with E-state index in [1.807, 2.05) is 42.5 Å². The highest BCUT2D eigenvalue weighted by molar-refractivity contribution is 5.92. The van der Waals surface area contributed by atoms with Crippen LogP contribution in [0.3, 0.4) is 0 Å². The smallest absolute Gasteiger partial charge is 0.415 e. The van der Waals surface area contributed by atoms with Crippen LogP contribution in [0, 0.1) is 17.8 Å². The summed E-state index contributed by atoms with van der Waals surface area (Å²) in [5.41, 5.74) is 25.5. The number of rotatable bonds is 32. The van der Waals surface area contributed by atoms with Gasteiger partial charge in [0.2, 0.25) is 17.7 Å². The quantitative estimate of drug-likeness (QED) is 0.0101. The van der Waals surface area contributed by atoms with Crippen molar-refractivity contribution in [2.75, 3.05) is 53.5 Å². The third-order valence-electron chi connectivity index (χ3n) is 18.4. The molecule has 2 unspecified atom stereocenters. The molecule has 25 nitrogen and oxygen atoms in total. The number of likely N-dealkylation sites (N-methyl/N-ethyl adjacent to an activating group) is 1. The number of guanidine groups is 2. The number of hydrogen-bond acceptors (Lipinski definition) is 17. The number of ketones is 2. The molecule has 0 saturated carbocycles. The predicted octanol–water partition coefficient (Wildman–Crippen LogP) is 5.69. The number of carbonyl (C=O) groups excluding carboxylic acids is 8. The molecule has 4 amide bonds. The van der Waals surface area contributed by atoms with Gasteiger partial charge in [-0.25, -0.2) is 14.6 Å². The van der Waals surface area contributed by atoms with Gasteiger partial charge in [-0.2, -0.15) is 0 Å². The van der Waals surface area contributed by atoms with Crippen molar-refractivity contribution in [3.8, 4) is 23.0 Å². The lowest BCUT2D eigenvalue weighted by Crippen LogP contribution is -2.63. The Morgan fingerprint density at radius 2 is 1.57 bits per heavy atom. The van der Waals surface area contributed by atoms with Gasteiger partial charge in [-0.3, -0.25) is 29.0 Å². The Balaban J connectivity index is 0.817. The van der Waals surface area contributed by atoms with Crippen molar-refractivity contribution >= 4 is 64.9 Å². The molecule has 2 saturated heterocycles. The van der Waals surface area contributed by atoms with Crippen molar-refractivity contribution in [1.29, 1.82) is 0 Å². The van der Waals surface area contributed by atoms with E-state index in [0.29, 0.717) is 73.0 Å². The van der Waals surface area contributed by atoms with Crippen LogP contribution in [0.15, 0.2) is 113 Å². The number of nitrogens with zero attached hydrogens (tertiary/aromatic N) is 4. The van der Waals surface area contributed by atoms with Gasteiger partial charge in [0.1, 0.15) is 36.3 Å². The number of nitrogens with two attached hydrogens (primary N) is 4. The first-order chi connectivity index (χ1) is 45.3. The standard InChI is InChI=1S/C69H87N11O14/c1-42(81)14-29-58(83)78-53(13-9-33-76-66(70)71)55(82)26-20-49-38-47(30-35-80(49)68(88)93-57-28-25-52-54-39-45-17-27-56(89-3)61-60(45)69(52,62(57)94-61)31-36-79(54)2)64(86)74-32-8-7-12-46(40-59(84)91-41-43-10-5-4-6-11-43)63(85)75-34-37-90-50-21-15-44(16-22-50)65(87)92-51-23-18-48(19-24-51)77-67(72)73/h4-6,10-11,15-19,21-24,27-28,46-47,49,52-54,62H,7-9,12-14,20,25-26,29-41H2,1-3H3,(H,74,86)(H,75,85)(H,78,83)(H4,70,71,76)(H4,72,73,77)/t46-,47?,49?,52+,53+,54-,62+,69+/m1/s1. The lowest BCUT2D eigenvalue weighted by atomic mass is 9.53. The molecule has 25 heteroatoms. The average Bonchev–Trinajstić information content (AvgIpc) is 1.47. The van der Waals surface area contributed by atoms with E-state index in [1.54, 1.807) is 60.5 Å². The number of Topliss-reactive ketones (excluding diaryl/α,β-unsaturated/α-hetero) is 2. The topological polar surface area (TPSA) is 363 Å². The number of likely N-dealkylation sites (tertiary alicyclic amines) is 2. The van der Waals surface area contributed by atoms with E-state index in [1.165, 1.54) is 12.5 Å². The molecule has 3 heterocycles. The highest BCUT2D eigenvalue weighted by atomic mass is 16.6. The van der Waals surface area contributed by atoms with E-state index < -0.39 is 59.4 Å². The molecule has 1 spiro atoms. The molecule has 3 aliphatic heterocycles. The molecular formula is C69H87N11O14. The van der Waals surface area contributed by atoms with Crippen LogP contribution in [0.25, 0.3) is 0 Å². The van der Waals surface area contributed by atoms with Crippen molar-refractivity contribution in [3.63, 3.8) is 0 Å². The van der Waals surface area contributed by atoms with Gasteiger partial charge in [-0.1, -0.05) is 42.8 Å². The second-order valence-electron chi connectivity index (χ2n) is 24.8. The SMILES string of the molecule is COc1ccc2c3c1O[C@H]1C(OC(=O)N4CCC(C(=O)NCCCC[C@H](CC(=O)OCc5ccccc5)C(=O)NCCOc5ccc(C(=O)Oc6ccc(N=C(N)N)cc6)cc5)CC4CCC(=O)[C@H](CCCN=C(N)N)NC(=O)CCC(C)=O)=CC[C@H]4[C@@H](C2)N(C)CC[C@]314. The number of allylic oxidation sites excluding steroid dienone is 1. The first-order valence-corrected chi connectivity index (χ1v) is 32.3. The lowest BCUT2D eigenvalue weighted by molar-refractivity contribution is -0.148. The minimum Gasteiger partial charge on any atom is -0.493 e. The summed E-state index contributed by atoms with van der Waals surface area (Å²) >= 11 is 0. The molecule has 8 atom stereocenters. The van der Waals surface area contributed by atoms with E-state index in [4.69, 9.17) is 51.4 Å². The number of unbranched alkanes of at least 4 members (excludes halogenated alkanes) is 1. The van der Waals surface area contributed by atoms with Gasteiger partial charge >= 0.3 is 18.0 Å². The monoisotopic (exact) mass is 1290 g/mol. The van der Waals surface area contributed by atoms with Gasteiger partial charge in [0.05, 0.1) is 37.4 Å². The normalized spacial score (nSPS) is 20.4. The van der Waals surface area contributed by atoms with E-state index in [2.05, 4.69) is 43.9 Å². The summed E-state index contributed by atoms with van der Waals surface area (Å²) in [5.74, 6) is -1.51. The van der Waals surface area contributed by atoms with Crippen molar-refractivity contribution in [3.05, 3.63) is 125 Å². The summed E-state index contributed by atoms with van der Waals surface area (Å²) in [6.45, 7) is 3.06. The van der Waals surface area contributed by atoms with Crippen LogP contribution in [0.2, 0.25) is 0 Å². The van der Waals surface area contributed by atoms with Gasteiger partial charge in [-0.05, 0) is 162 Å². The first kappa shape index (κ1) is 68.8. The van der Waals surface area contributed by atoms with Crippen molar-refractivity contribution < 1.29 is 66.8 Å². The summed E-state index contributed by atoms with van der Waals surface area (Å²) in [7, 11) is 3.78. The van der Waals surface area contributed by atoms with Crippen molar-refractivity contribution in [2.45, 2.75) is 139 Å². The van der Waals surface area contributed by atoms with E-state index >= 15 is 0 Å². The second kappa shape index (κ2) is 32.4. The van der Waals surface area contributed by atoms with Gasteiger partial charge < -0.3 is 81.9 Å². The molecule has 0 radical (unpaired) electrons. The van der Waals surface area contributed by atoms with Crippen molar-refractivity contribution in [2.24, 2.45) is 50.7 Å². The van der Waals surface area contributed by atoms with Crippen molar-refractivity contribution in [1.82, 2.24) is 25.8 Å². The Hall–Kier alpha value is -9.52. The number of ether oxygens (including phenoxy) is 6. The zero-order chi connectivity index (χ0) is 66.9. The Morgan fingerprint density at radius 1 is 0.809 bits per heavy atom. The van der Waals surface area contributed by atoms with Crippen LogP contribution in [0.5, 0.6) is 23.0 Å². The molecule has 502 valence electrons. The molecule has 94 heavy (non-hydrogen) atoms. The van der Waals surface area contributed by atoms with Gasteiger partial charge in [0, 0.05) is 73.8 Å². The molecule has 4 aromatic rings. The third-order valence-corrected chi connectivity index (χ3v) is 18.4. The number of amides is 4. The predicted molar refractivity (Wildman–Crippen MR) is 349 cm³/mol. The number of carbonyl (C=O) groups is 8. The third kappa shape index (κ3) is 17.6. The van der Waals surface area contributed by atoms with Crippen LogP contribution in [-0.2, 0) is 56.7 Å². The Morgan fingerprint density at radius 3 is 2.31 bits per heavy atom. The van der Waals surface area contributed by atoms with E-state index in [9.17, 15) is 38.4 Å². The second-order valence-corrected chi connectivity index (χ2v) is 24.8. The van der Waals surface area contributed by atoms with Crippen LogP contribution >= 0.6 is 0 Å².